The highest BCUT2D eigenvalue weighted by Gasteiger charge is 2.35. The summed E-state index contributed by atoms with van der Waals surface area (Å²) in [6.07, 6.45) is 5.32. The van der Waals surface area contributed by atoms with E-state index in [-0.39, 0.29) is 29.1 Å². The molecule has 1 aliphatic rings. The molecule has 0 aromatic heterocycles. The number of rotatable bonds is 11. The van der Waals surface area contributed by atoms with Gasteiger partial charge in [-0.15, -0.1) is 0 Å². The van der Waals surface area contributed by atoms with Crippen molar-refractivity contribution in [2.75, 3.05) is 10.8 Å². The Morgan fingerprint density at radius 2 is 1.59 bits per heavy atom. The number of amides is 2. The molecular weight excluding hydrogens is 641 g/mol. The summed E-state index contributed by atoms with van der Waals surface area (Å²) in [4.78, 5) is 29.5. The van der Waals surface area contributed by atoms with Gasteiger partial charge in [0.1, 0.15) is 12.6 Å². The van der Waals surface area contributed by atoms with Gasteiger partial charge in [-0.2, -0.15) is 0 Å². The second-order valence-electron chi connectivity index (χ2n) is 11.3. The minimum atomic E-state index is -4.21. The quantitative estimate of drug-likeness (QED) is 0.225. The molecule has 0 unspecified atom stereocenters. The van der Waals surface area contributed by atoms with Crippen molar-refractivity contribution >= 4 is 62.3 Å². The molecule has 3 aromatic carbocycles. The fourth-order valence-corrected chi connectivity index (χ4v) is 7.46. The van der Waals surface area contributed by atoms with Gasteiger partial charge in [-0.1, -0.05) is 90.8 Å². The van der Waals surface area contributed by atoms with E-state index in [9.17, 15) is 18.0 Å². The maximum atomic E-state index is 14.4. The van der Waals surface area contributed by atoms with Gasteiger partial charge in [0, 0.05) is 17.6 Å². The molecule has 1 fully saturated rings. The molecule has 0 saturated heterocycles. The Hall–Kier alpha value is -2.78. The summed E-state index contributed by atoms with van der Waals surface area (Å²) in [5.41, 5.74) is 2.45. The van der Waals surface area contributed by atoms with Crippen LogP contribution in [0, 0.1) is 13.8 Å². The zero-order chi connectivity index (χ0) is 32.0. The van der Waals surface area contributed by atoms with Crippen molar-refractivity contribution in [3.05, 3.63) is 92.4 Å². The molecule has 2 amide bonds. The zero-order valence-corrected chi connectivity index (χ0v) is 28.2. The van der Waals surface area contributed by atoms with Crippen molar-refractivity contribution in [2.45, 2.75) is 82.8 Å². The molecule has 3 aromatic rings. The minimum Gasteiger partial charge on any atom is -0.352 e. The fraction of sp³-hybridized carbons (Fsp3) is 0.394. The third-order valence-electron chi connectivity index (χ3n) is 8.00. The number of carbonyl (C=O) groups is 2. The number of carbonyl (C=O) groups excluding carboxylic acids is 2. The lowest BCUT2D eigenvalue weighted by Gasteiger charge is -2.35. The van der Waals surface area contributed by atoms with Gasteiger partial charge in [-0.3, -0.25) is 13.9 Å². The third-order valence-corrected chi connectivity index (χ3v) is 10.8. The highest BCUT2D eigenvalue weighted by molar-refractivity contribution is 7.92. The number of halogens is 3. The van der Waals surface area contributed by atoms with Crippen LogP contribution in [-0.4, -0.2) is 43.8 Å². The molecule has 0 aliphatic heterocycles. The van der Waals surface area contributed by atoms with E-state index in [1.54, 1.807) is 49.4 Å². The number of sulfonamides is 1. The largest absolute Gasteiger partial charge is 0.352 e. The Morgan fingerprint density at radius 3 is 2.23 bits per heavy atom. The van der Waals surface area contributed by atoms with Crippen molar-refractivity contribution < 1.29 is 18.0 Å². The van der Waals surface area contributed by atoms with E-state index >= 15 is 0 Å². The standard InChI is InChI=1S/C33H38Cl3N3O4S/c1-4-30(33(41)37-26-8-6-5-7-9-26)38(20-24-13-17-28(35)29(36)18-24)32(40)21-39(31-19-25(34)14-12-23(31)3)44(42,43)27-15-10-22(2)11-16-27/h10-19,26,30H,4-9,20-21H2,1-3H3,(H,37,41)/t30-/m1/s1. The average molecular weight is 679 g/mol. The first-order valence-electron chi connectivity index (χ1n) is 14.8. The van der Waals surface area contributed by atoms with Crippen LogP contribution in [0.25, 0.3) is 0 Å². The molecule has 11 heteroatoms. The van der Waals surface area contributed by atoms with Crippen molar-refractivity contribution in [1.29, 1.82) is 0 Å². The average Bonchev–Trinajstić information content (AvgIpc) is 2.99. The molecule has 0 heterocycles. The van der Waals surface area contributed by atoms with Gasteiger partial charge >= 0.3 is 0 Å². The molecule has 1 N–H and O–H groups in total. The Kier molecular flexibility index (Phi) is 11.6. The smallest absolute Gasteiger partial charge is 0.264 e. The SMILES string of the molecule is CC[C@H](C(=O)NC1CCCCC1)N(Cc1ccc(Cl)c(Cl)c1)C(=O)CN(c1cc(Cl)ccc1C)S(=O)(=O)c1ccc(C)cc1. The summed E-state index contributed by atoms with van der Waals surface area (Å²) >= 11 is 18.8. The molecule has 44 heavy (non-hydrogen) atoms. The van der Waals surface area contributed by atoms with Gasteiger partial charge in [-0.25, -0.2) is 8.42 Å². The Morgan fingerprint density at radius 1 is 0.909 bits per heavy atom. The number of benzene rings is 3. The van der Waals surface area contributed by atoms with Crippen LogP contribution in [0.15, 0.2) is 65.6 Å². The van der Waals surface area contributed by atoms with Gasteiger partial charge in [0.2, 0.25) is 11.8 Å². The van der Waals surface area contributed by atoms with Crippen molar-refractivity contribution in [3.8, 4) is 0 Å². The van der Waals surface area contributed by atoms with Crippen LogP contribution in [0.1, 0.15) is 62.1 Å². The predicted octanol–water partition coefficient (Wildman–Crippen LogP) is 7.72. The van der Waals surface area contributed by atoms with Gasteiger partial charge in [0.15, 0.2) is 0 Å². The maximum Gasteiger partial charge on any atom is 0.264 e. The molecule has 1 aliphatic carbocycles. The van der Waals surface area contributed by atoms with E-state index in [1.807, 2.05) is 13.8 Å². The number of anilines is 1. The molecule has 7 nitrogen and oxygen atoms in total. The molecule has 1 saturated carbocycles. The summed E-state index contributed by atoms with van der Waals surface area (Å²) in [7, 11) is -4.21. The molecule has 236 valence electrons. The van der Waals surface area contributed by atoms with E-state index in [4.69, 9.17) is 34.8 Å². The third kappa shape index (κ3) is 8.27. The topological polar surface area (TPSA) is 86.8 Å². The monoisotopic (exact) mass is 677 g/mol. The highest BCUT2D eigenvalue weighted by Crippen LogP contribution is 2.31. The van der Waals surface area contributed by atoms with Crippen molar-refractivity contribution in [3.63, 3.8) is 0 Å². The van der Waals surface area contributed by atoms with E-state index in [0.717, 1.165) is 42.0 Å². The first kappa shape index (κ1) is 34.1. The lowest BCUT2D eigenvalue weighted by atomic mass is 9.95. The zero-order valence-electron chi connectivity index (χ0n) is 25.2. The molecule has 0 bridgehead atoms. The minimum absolute atomic E-state index is 0.0270. The first-order valence-corrected chi connectivity index (χ1v) is 17.4. The Balaban J connectivity index is 1.75. The van der Waals surface area contributed by atoms with Gasteiger partial charge in [0.25, 0.3) is 10.0 Å². The molecular formula is C33H38Cl3N3O4S. The van der Waals surface area contributed by atoms with E-state index in [2.05, 4.69) is 5.32 Å². The van der Waals surface area contributed by atoms with Crippen molar-refractivity contribution in [1.82, 2.24) is 10.2 Å². The molecule has 0 spiro atoms. The number of nitrogens with one attached hydrogen (secondary N) is 1. The normalized spacial score (nSPS) is 14.6. The van der Waals surface area contributed by atoms with Crippen LogP contribution in [0.4, 0.5) is 5.69 Å². The van der Waals surface area contributed by atoms with E-state index < -0.39 is 28.5 Å². The van der Waals surface area contributed by atoms with Crippen LogP contribution >= 0.6 is 34.8 Å². The van der Waals surface area contributed by atoms with E-state index in [1.165, 1.54) is 23.1 Å². The first-order chi connectivity index (χ1) is 20.9. The van der Waals surface area contributed by atoms with Gasteiger partial charge in [0.05, 0.1) is 20.6 Å². The second kappa shape index (κ2) is 15.0. The summed E-state index contributed by atoms with van der Waals surface area (Å²) < 4.78 is 29.4. The molecule has 4 rings (SSSR count). The number of nitrogens with zero attached hydrogens (tertiary/aromatic N) is 2. The van der Waals surface area contributed by atoms with Crippen molar-refractivity contribution in [2.24, 2.45) is 0 Å². The van der Waals surface area contributed by atoms with E-state index in [0.29, 0.717) is 32.6 Å². The van der Waals surface area contributed by atoms with Crippen LogP contribution < -0.4 is 9.62 Å². The van der Waals surface area contributed by atoms with Gasteiger partial charge in [-0.05, 0) is 80.6 Å². The fourth-order valence-electron chi connectivity index (χ4n) is 5.50. The highest BCUT2D eigenvalue weighted by atomic mass is 35.5. The maximum absolute atomic E-state index is 14.4. The Labute approximate surface area is 275 Å². The van der Waals surface area contributed by atoms with Gasteiger partial charge < -0.3 is 10.2 Å². The van der Waals surface area contributed by atoms with Crippen LogP contribution in [0.5, 0.6) is 0 Å². The van der Waals surface area contributed by atoms with Crippen LogP contribution in [0.2, 0.25) is 15.1 Å². The number of aryl methyl sites for hydroxylation is 2. The molecule has 1 atom stereocenters. The number of hydrogen-bond acceptors (Lipinski definition) is 4. The molecule has 0 radical (unpaired) electrons. The summed E-state index contributed by atoms with van der Waals surface area (Å²) in [6, 6.07) is 15.6. The second-order valence-corrected chi connectivity index (χ2v) is 14.4. The Bertz CT molecular complexity index is 1590. The lowest BCUT2D eigenvalue weighted by Crippen LogP contribution is -2.54. The van der Waals surface area contributed by atoms with Crippen LogP contribution in [-0.2, 0) is 26.2 Å². The summed E-state index contributed by atoms with van der Waals surface area (Å²) in [5.74, 6) is -0.809. The predicted molar refractivity (Wildman–Crippen MR) is 178 cm³/mol. The summed E-state index contributed by atoms with van der Waals surface area (Å²) in [6.45, 7) is 4.93. The summed E-state index contributed by atoms with van der Waals surface area (Å²) in [5, 5.41) is 4.15. The van der Waals surface area contributed by atoms with Crippen LogP contribution in [0.3, 0.4) is 0 Å². The number of hydrogen-bond donors (Lipinski definition) is 1. The lowest BCUT2D eigenvalue weighted by molar-refractivity contribution is -0.140.